The van der Waals surface area contributed by atoms with Crippen LogP contribution < -0.4 is 0 Å². The molecule has 21 heavy (non-hydrogen) atoms. The van der Waals surface area contributed by atoms with Crippen LogP contribution in [-0.2, 0) is 28.6 Å². The third-order valence-corrected chi connectivity index (χ3v) is 4.60. The Balaban J connectivity index is 2.15. The molecule has 0 amide bonds. The van der Waals surface area contributed by atoms with E-state index in [0.717, 1.165) is 32.1 Å². The van der Waals surface area contributed by atoms with E-state index in [4.69, 9.17) is 13.7 Å². The van der Waals surface area contributed by atoms with Crippen molar-refractivity contribution in [3.05, 3.63) is 0 Å². The lowest BCUT2D eigenvalue weighted by atomic mass is 10.2. The van der Waals surface area contributed by atoms with Gasteiger partial charge >= 0.3 is 5.97 Å². The van der Waals surface area contributed by atoms with E-state index in [2.05, 4.69) is 6.92 Å². The monoisotopic (exact) mass is 322 g/mol. The number of ether oxygens (including phenoxy) is 2. The minimum Gasteiger partial charge on any atom is -0.463 e. The second-order valence-corrected chi connectivity index (χ2v) is 7.16. The quantitative estimate of drug-likeness (QED) is 0.348. The van der Waals surface area contributed by atoms with Crippen LogP contribution in [0, 0.1) is 0 Å². The number of unbranched alkanes of at least 4 members (excludes halogenated alkanes) is 2. The minimum atomic E-state index is -3.43. The molecular formula is C14H26O6S. The Morgan fingerprint density at radius 3 is 2.43 bits per heavy atom. The number of hydrogen-bond donors (Lipinski definition) is 0. The second-order valence-electron chi connectivity index (χ2n) is 5.23. The summed E-state index contributed by atoms with van der Waals surface area (Å²) in [5.74, 6) is -0.237. The summed E-state index contributed by atoms with van der Waals surface area (Å²) in [6.07, 6.45) is 4.48. The maximum absolute atomic E-state index is 11.5. The lowest BCUT2D eigenvalue weighted by Gasteiger charge is -2.14. The summed E-state index contributed by atoms with van der Waals surface area (Å²) in [7, 11) is -3.43. The third kappa shape index (κ3) is 7.78. The van der Waals surface area contributed by atoms with Crippen LogP contribution in [0.2, 0.25) is 0 Å². The second kappa shape index (κ2) is 9.38. The molecule has 1 aliphatic heterocycles. The van der Waals surface area contributed by atoms with Crippen molar-refractivity contribution < 1.29 is 26.9 Å². The third-order valence-electron chi connectivity index (χ3n) is 3.40. The topological polar surface area (TPSA) is 78.9 Å². The Hall–Kier alpha value is -0.660. The van der Waals surface area contributed by atoms with Crippen molar-refractivity contribution in [3.63, 3.8) is 0 Å². The molecule has 0 bridgehead atoms. The molecule has 0 aromatic carbocycles. The Bertz CT molecular complexity index is 406. The van der Waals surface area contributed by atoms with Crippen LogP contribution in [0.25, 0.3) is 0 Å². The molecule has 0 radical (unpaired) electrons. The molecule has 6 nitrogen and oxygen atoms in total. The Labute approximate surface area is 127 Å². The van der Waals surface area contributed by atoms with Crippen LogP contribution in [0.3, 0.4) is 0 Å². The first-order valence-electron chi connectivity index (χ1n) is 7.65. The minimum absolute atomic E-state index is 0.0388. The van der Waals surface area contributed by atoms with Crippen molar-refractivity contribution in [2.24, 2.45) is 0 Å². The number of esters is 1. The molecule has 0 aromatic rings. The van der Waals surface area contributed by atoms with E-state index in [1.165, 1.54) is 6.92 Å². The number of hydrogen-bond acceptors (Lipinski definition) is 6. The lowest BCUT2D eigenvalue weighted by Crippen LogP contribution is -2.23. The average Bonchev–Trinajstić information content (AvgIpc) is 2.91. The Morgan fingerprint density at radius 1 is 1.14 bits per heavy atom. The van der Waals surface area contributed by atoms with E-state index < -0.39 is 10.1 Å². The van der Waals surface area contributed by atoms with Crippen LogP contribution in [-0.4, -0.2) is 45.6 Å². The highest BCUT2D eigenvalue weighted by Crippen LogP contribution is 2.21. The summed E-state index contributed by atoms with van der Waals surface area (Å²) in [4.78, 5) is 11.5. The predicted molar refractivity (Wildman–Crippen MR) is 78.4 cm³/mol. The first-order chi connectivity index (χ1) is 9.96. The van der Waals surface area contributed by atoms with Gasteiger partial charge in [0.15, 0.2) is 0 Å². The number of rotatable bonds is 10. The first kappa shape index (κ1) is 18.4. The van der Waals surface area contributed by atoms with E-state index in [1.54, 1.807) is 0 Å². The van der Waals surface area contributed by atoms with Gasteiger partial charge in [-0.1, -0.05) is 19.8 Å². The fourth-order valence-corrected chi connectivity index (χ4v) is 2.59. The van der Waals surface area contributed by atoms with Gasteiger partial charge in [-0.25, -0.2) is 0 Å². The van der Waals surface area contributed by atoms with Crippen LogP contribution in [0.1, 0.15) is 52.4 Å². The van der Waals surface area contributed by atoms with Gasteiger partial charge in [-0.05, 0) is 26.2 Å². The van der Waals surface area contributed by atoms with Gasteiger partial charge in [0.2, 0.25) is 0 Å². The number of carbonyl (C=O) groups excluding carboxylic acids is 1. The summed E-state index contributed by atoms with van der Waals surface area (Å²) < 4.78 is 38.1. The molecule has 0 N–H and O–H groups in total. The van der Waals surface area contributed by atoms with E-state index in [-0.39, 0.29) is 37.1 Å². The zero-order valence-corrected chi connectivity index (χ0v) is 13.7. The summed E-state index contributed by atoms with van der Waals surface area (Å²) in [5, 5.41) is 0. The molecule has 0 aromatic heterocycles. The van der Waals surface area contributed by atoms with E-state index in [0.29, 0.717) is 6.42 Å². The highest BCUT2D eigenvalue weighted by Gasteiger charge is 2.27. The first-order valence-corrected chi connectivity index (χ1v) is 9.22. The zero-order valence-electron chi connectivity index (χ0n) is 12.9. The molecule has 0 unspecified atom stereocenters. The van der Waals surface area contributed by atoms with Crippen molar-refractivity contribution in [2.45, 2.75) is 64.6 Å². The van der Waals surface area contributed by atoms with Crippen LogP contribution >= 0.6 is 0 Å². The van der Waals surface area contributed by atoms with Crippen molar-refractivity contribution in [2.75, 3.05) is 19.0 Å². The van der Waals surface area contributed by atoms with Gasteiger partial charge in [0, 0.05) is 6.42 Å². The Morgan fingerprint density at radius 2 is 1.81 bits per heavy atom. The van der Waals surface area contributed by atoms with Gasteiger partial charge in [0.1, 0.15) is 6.61 Å². The van der Waals surface area contributed by atoms with Crippen LogP contribution in [0.15, 0.2) is 0 Å². The standard InChI is InChI=1S/C14H26O6S/c1-3-5-6-7-14(15)18-10-12-8-9-13(20-12)11-19-21(16,17)4-2/h12-13H,3-11H2,1-2H3/t12-,13+/m1/s1. The fraction of sp³-hybridized carbons (Fsp3) is 0.929. The molecule has 124 valence electrons. The molecule has 7 heteroatoms. The van der Waals surface area contributed by atoms with Crippen molar-refractivity contribution in [3.8, 4) is 0 Å². The number of carbonyl (C=O) groups is 1. The predicted octanol–water partition coefficient (Wildman–Crippen LogP) is 2.02. The molecular weight excluding hydrogens is 296 g/mol. The van der Waals surface area contributed by atoms with Crippen molar-refractivity contribution >= 4 is 16.1 Å². The summed E-state index contributed by atoms with van der Waals surface area (Å²) in [6.45, 7) is 3.89. The summed E-state index contributed by atoms with van der Waals surface area (Å²) in [5.41, 5.74) is 0. The van der Waals surface area contributed by atoms with E-state index >= 15 is 0 Å². The van der Waals surface area contributed by atoms with Crippen molar-refractivity contribution in [1.82, 2.24) is 0 Å². The average molecular weight is 322 g/mol. The van der Waals surface area contributed by atoms with Gasteiger partial charge in [0.25, 0.3) is 10.1 Å². The highest BCUT2D eigenvalue weighted by molar-refractivity contribution is 7.86. The normalized spacial score (nSPS) is 22.4. The van der Waals surface area contributed by atoms with Gasteiger partial charge < -0.3 is 9.47 Å². The van der Waals surface area contributed by atoms with E-state index in [9.17, 15) is 13.2 Å². The SMILES string of the molecule is CCCCCC(=O)OC[C@H]1CC[C@@H](COS(=O)(=O)CC)O1. The van der Waals surface area contributed by atoms with Gasteiger partial charge in [-0.3, -0.25) is 8.98 Å². The Kier molecular flexibility index (Phi) is 8.21. The fourth-order valence-electron chi connectivity index (χ4n) is 2.07. The molecule has 1 heterocycles. The van der Waals surface area contributed by atoms with Crippen LogP contribution in [0.5, 0.6) is 0 Å². The summed E-state index contributed by atoms with van der Waals surface area (Å²) >= 11 is 0. The molecule has 2 atom stereocenters. The van der Waals surface area contributed by atoms with Crippen LogP contribution in [0.4, 0.5) is 0 Å². The molecule has 0 aliphatic carbocycles. The molecule has 0 spiro atoms. The smallest absolute Gasteiger partial charge is 0.305 e. The summed E-state index contributed by atoms with van der Waals surface area (Å²) in [6, 6.07) is 0. The zero-order chi connectivity index (χ0) is 15.7. The van der Waals surface area contributed by atoms with Gasteiger partial charge in [0.05, 0.1) is 24.6 Å². The van der Waals surface area contributed by atoms with Gasteiger partial charge in [-0.2, -0.15) is 8.42 Å². The largest absolute Gasteiger partial charge is 0.463 e. The molecule has 1 aliphatic rings. The maximum Gasteiger partial charge on any atom is 0.305 e. The van der Waals surface area contributed by atoms with E-state index in [1.807, 2.05) is 0 Å². The molecule has 1 fully saturated rings. The van der Waals surface area contributed by atoms with Gasteiger partial charge in [-0.15, -0.1) is 0 Å². The highest BCUT2D eigenvalue weighted by atomic mass is 32.2. The molecule has 1 saturated heterocycles. The lowest BCUT2D eigenvalue weighted by molar-refractivity contribution is -0.147. The maximum atomic E-state index is 11.5. The molecule has 1 rings (SSSR count). The van der Waals surface area contributed by atoms with Crippen molar-refractivity contribution in [1.29, 1.82) is 0 Å². The molecule has 0 saturated carbocycles.